The van der Waals surface area contributed by atoms with E-state index < -0.39 is 0 Å². The van der Waals surface area contributed by atoms with Crippen molar-refractivity contribution in [2.45, 2.75) is 6.54 Å². The van der Waals surface area contributed by atoms with E-state index in [-0.39, 0.29) is 19.0 Å². The molecule has 20 heavy (non-hydrogen) atoms. The summed E-state index contributed by atoms with van der Waals surface area (Å²) in [6.45, 7) is 2.00. The molecule has 0 unspecified atom stereocenters. The van der Waals surface area contributed by atoms with Crippen molar-refractivity contribution in [3.8, 4) is 11.8 Å². The number of ether oxygens (including phenoxy) is 1. The molecule has 0 fully saturated rings. The molecule has 1 rings (SSSR count). The Morgan fingerprint density at radius 3 is 2.70 bits per heavy atom. The van der Waals surface area contributed by atoms with Crippen LogP contribution in [0.3, 0.4) is 0 Å². The second kappa shape index (κ2) is 9.45. The van der Waals surface area contributed by atoms with Gasteiger partial charge in [-0.3, -0.25) is 4.90 Å². The van der Waals surface area contributed by atoms with Crippen molar-refractivity contribution in [2.75, 3.05) is 40.0 Å². The summed E-state index contributed by atoms with van der Waals surface area (Å²) in [7, 11) is 1.61. The molecule has 0 amide bonds. The van der Waals surface area contributed by atoms with Crippen LogP contribution < -0.4 is 0 Å². The summed E-state index contributed by atoms with van der Waals surface area (Å²) in [6.07, 6.45) is 0. The standard InChI is InChI=1S/C15H20FNO3/c1-20-8-5-17(4-7-19)12-14-9-13(3-2-6-18)10-15(16)11-14/h9-11,18-19H,4-8,12H2,1H3. The predicted molar refractivity (Wildman–Crippen MR) is 74.6 cm³/mol. The van der Waals surface area contributed by atoms with Crippen molar-refractivity contribution < 1.29 is 19.3 Å². The van der Waals surface area contributed by atoms with Gasteiger partial charge in [0, 0.05) is 32.3 Å². The van der Waals surface area contributed by atoms with Gasteiger partial charge in [-0.1, -0.05) is 11.8 Å². The van der Waals surface area contributed by atoms with Crippen LogP contribution in [0.25, 0.3) is 0 Å². The van der Waals surface area contributed by atoms with Crippen molar-refractivity contribution in [3.63, 3.8) is 0 Å². The van der Waals surface area contributed by atoms with Gasteiger partial charge < -0.3 is 14.9 Å². The number of nitrogens with zero attached hydrogens (tertiary/aromatic N) is 1. The maximum atomic E-state index is 13.5. The van der Waals surface area contributed by atoms with Crippen LogP contribution in [0.2, 0.25) is 0 Å². The maximum Gasteiger partial charge on any atom is 0.124 e. The second-order valence-electron chi connectivity index (χ2n) is 4.30. The van der Waals surface area contributed by atoms with Crippen molar-refractivity contribution >= 4 is 0 Å². The molecule has 0 aliphatic carbocycles. The summed E-state index contributed by atoms with van der Waals surface area (Å²) in [5.74, 6) is 4.83. The van der Waals surface area contributed by atoms with Crippen LogP contribution >= 0.6 is 0 Å². The Balaban J connectivity index is 2.80. The van der Waals surface area contributed by atoms with Crippen LogP contribution in [-0.2, 0) is 11.3 Å². The average molecular weight is 281 g/mol. The minimum atomic E-state index is -0.361. The van der Waals surface area contributed by atoms with Crippen LogP contribution in [0, 0.1) is 17.7 Å². The minimum absolute atomic E-state index is 0.0379. The van der Waals surface area contributed by atoms with Gasteiger partial charge in [0.2, 0.25) is 0 Å². The van der Waals surface area contributed by atoms with Crippen LogP contribution in [0.4, 0.5) is 4.39 Å². The van der Waals surface area contributed by atoms with Gasteiger partial charge >= 0.3 is 0 Å². The highest BCUT2D eigenvalue weighted by atomic mass is 19.1. The van der Waals surface area contributed by atoms with E-state index in [1.807, 2.05) is 4.90 Å². The first-order valence-corrected chi connectivity index (χ1v) is 6.41. The maximum absolute atomic E-state index is 13.5. The first-order valence-electron chi connectivity index (χ1n) is 6.41. The Morgan fingerprint density at radius 1 is 1.25 bits per heavy atom. The zero-order chi connectivity index (χ0) is 14.8. The Kier molecular flexibility index (Phi) is 7.85. The summed E-state index contributed by atoms with van der Waals surface area (Å²) in [6, 6.07) is 4.56. The van der Waals surface area contributed by atoms with Crippen LogP contribution in [0.5, 0.6) is 0 Å². The molecule has 1 aromatic carbocycles. The van der Waals surface area contributed by atoms with E-state index >= 15 is 0 Å². The van der Waals surface area contributed by atoms with E-state index in [1.165, 1.54) is 12.1 Å². The van der Waals surface area contributed by atoms with Crippen molar-refractivity contribution in [1.82, 2.24) is 4.90 Å². The highest BCUT2D eigenvalue weighted by Crippen LogP contribution is 2.11. The second-order valence-corrected chi connectivity index (χ2v) is 4.30. The molecule has 2 N–H and O–H groups in total. The number of aliphatic hydroxyl groups is 2. The average Bonchev–Trinajstić information content (AvgIpc) is 2.42. The molecule has 0 radical (unpaired) electrons. The van der Waals surface area contributed by atoms with Gasteiger partial charge in [0.25, 0.3) is 0 Å². The lowest BCUT2D eigenvalue weighted by atomic mass is 10.1. The van der Waals surface area contributed by atoms with E-state index in [0.717, 1.165) is 5.56 Å². The van der Waals surface area contributed by atoms with E-state index in [0.29, 0.717) is 31.8 Å². The number of rotatable bonds is 7. The highest BCUT2D eigenvalue weighted by molar-refractivity contribution is 5.37. The third-order valence-corrected chi connectivity index (χ3v) is 2.70. The molecule has 4 nitrogen and oxygen atoms in total. The summed E-state index contributed by atoms with van der Waals surface area (Å²) in [5, 5.41) is 17.7. The molecule has 5 heteroatoms. The molecular formula is C15H20FNO3. The van der Waals surface area contributed by atoms with Crippen molar-refractivity contribution in [3.05, 3.63) is 35.1 Å². The molecule has 0 atom stereocenters. The molecule has 110 valence electrons. The lowest BCUT2D eigenvalue weighted by Crippen LogP contribution is -2.29. The summed E-state index contributed by atoms with van der Waals surface area (Å²) < 4.78 is 18.5. The van der Waals surface area contributed by atoms with Gasteiger partial charge in [0.15, 0.2) is 0 Å². The minimum Gasteiger partial charge on any atom is -0.395 e. The number of hydrogen-bond donors (Lipinski definition) is 2. The third-order valence-electron chi connectivity index (χ3n) is 2.70. The Labute approximate surface area is 118 Å². The fourth-order valence-corrected chi connectivity index (χ4v) is 1.85. The van der Waals surface area contributed by atoms with Gasteiger partial charge in [0.1, 0.15) is 12.4 Å². The van der Waals surface area contributed by atoms with Crippen LogP contribution in [0.15, 0.2) is 18.2 Å². The first kappa shape index (κ1) is 16.6. The SMILES string of the molecule is COCCN(CCO)Cc1cc(F)cc(C#CCO)c1. The topological polar surface area (TPSA) is 52.9 Å². The van der Waals surface area contributed by atoms with Gasteiger partial charge in [-0.2, -0.15) is 0 Å². The lowest BCUT2D eigenvalue weighted by Gasteiger charge is -2.21. The van der Waals surface area contributed by atoms with E-state index in [9.17, 15) is 4.39 Å². The molecule has 0 saturated heterocycles. The number of methoxy groups -OCH3 is 1. The van der Waals surface area contributed by atoms with Crippen molar-refractivity contribution in [1.29, 1.82) is 0 Å². The molecule has 1 aromatic rings. The third kappa shape index (κ3) is 6.13. The van der Waals surface area contributed by atoms with Gasteiger partial charge in [-0.05, 0) is 23.8 Å². The normalized spacial score (nSPS) is 10.4. The molecule has 0 saturated carbocycles. The highest BCUT2D eigenvalue weighted by Gasteiger charge is 2.07. The Morgan fingerprint density at radius 2 is 2.05 bits per heavy atom. The number of aliphatic hydroxyl groups excluding tert-OH is 2. The van der Waals surface area contributed by atoms with Crippen LogP contribution in [-0.4, -0.2) is 55.1 Å². The summed E-state index contributed by atoms with van der Waals surface area (Å²) in [5.41, 5.74) is 1.31. The zero-order valence-corrected chi connectivity index (χ0v) is 11.6. The van der Waals surface area contributed by atoms with E-state index in [1.54, 1.807) is 13.2 Å². The van der Waals surface area contributed by atoms with E-state index in [4.69, 9.17) is 14.9 Å². The van der Waals surface area contributed by atoms with Gasteiger partial charge in [0.05, 0.1) is 13.2 Å². The largest absolute Gasteiger partial charge is 0.395 e. The van der Waals surface area contributed by atoms with Crippen LogP contribution in [0.1, 0.15) is 11.1 Å². The monoisotopic (exact) mass is 281 g/mol. The molecule has 0 aliphatic rings. The number of benzene rings is 1. The molecular weight excluding hydrogens is 261 g/mol. The fraction of sp³-hybridized carbons (Fsp3) is 0.467. The molecule has 0 aliphatic heterocycles. The molecule has 0 spiro atoms. The summed E-state index contributed by atoms with van der Waals surface area (Å²) in [4.78, 5) is 1.97. The molecule has 0 bridgehead atoms. The van der Waals surface area contributed by atoms with Crippen molar-refractivity contribution in [2.24, 2.45) is 0 Å². The van der Waals surface area contributed by atoms with E-state index in [2.05, 4.69) is 11.8 Å². The van der Waals surface area contributed by atoms with Gasteiger partial charge in [-0.25, -0.2) is 4.39 Å². The van der Waals surface area contributed by atoms with Gasteiger partial charge in [-0.15, -0.1) is 0 Å². The molecule has 0 heterocycles. The fourth-order valence-electron chi connectivity index (χ4n) is 1.85. The predicted octanol–water partition coefficient (Wildman–Crippen LogP) is 0.610. The number of hydrogen-bond acceptors (Lipinski definition) is 4. The lowest BCUT2D eigenvalue weighted by molar-refractivity contribution is 0.127. The zero-order valence-electron chi connectivity index (χ0n) is 11.6. The smallest absolute Gasteiger partial charge is 0.124 e. The number of halogens is 1. The first-order chi connectivity index (χ1) is 9.69. The Hall–Kier alpha value is -1.45. The summed E-state index contributed by atoms with van der Waals surface area (Å²) >= 11 is 0. The Bertz CT molecular complexity index is 468. The quantitative estimate of drug-likeness (QED) is 0.719. The molecule has 0 aromatic heterocycles.